The Morgan fingerprint density at radius 1 is 1.05 bits per heavy atom. The van der Waals surface area contributed by atoms with Crippen molar-refractivity contribution in [3.05, 3.63) is 33.8 Å². The van der Waals surface area contributed by atoms with Gasteiger partial charge in [0.05, 0.1) is 5.56 Å². The molecule has 1 aliphatic carbocycles. The van der Waals surface area contributed by atoms with Gasteiger partial charge in [-0.1, -0.05) is 47.1 Å². The van der Waals surface area contributed by atoms with Gasteiger partial charge >= 0.3 is 0 Å². The highest BCUT2D eigenvalue weighted by atomic mass is 79.9. The Bertz CT molecular complexity index is 1070. The van der Waals surface area contributed by atoms with Crippen molar-refractivity contribution in [2.75, 3.05) is 19.9 Å². The molecule has 0 aliphatic heterocycles. The van der Waals surface area contributed by atoms with Crippen molar-refractivity contribution in [2.24, 2.45) is 22.1 Å². The zero-order valence-electron chi connectivity index (χ0n) is 24.1. The van der Waals surface area contributed by atoms with E-state index in [0.29, 0.717) is 35.8 Å². The molecule has 1 saturated carbocycles. The van der Waals surface area contributed by atoms with Gasteiger partial charge in [0, 0.05) is 22.8 Å². The van der Waals surface area contributed by atoms with Crippen molar-refractivity contribution in [3.63, 3.8) is 0 Å². The van der Waals surface area contributed by atoms with E-state index in [1.165, 1.54) is 6.20 Å². The highest BCUT2D eigenvalue weighted by Crippen LogP contribution is 2.28. The normalized spacial score (nSPS) is 16.4. The summed E-state index contributed by atoms with van der Waals surface area (Å²) < 4.78 is 4.87. The van der Waals surface area contributed by atoms with Crippen LogP contribution in [-0.4, -0.2) is 72.6 Å². The van der Waals surface area contributed by atoms with Crippen molar-refractivity contribution < 1.29 is 19.2 Å². The number of nitrogens with two attached hydrogens (primary N) is 2. The monoisotopic (exact) mass is 653 g/mol. The zero-order valence-corrected chi connectivity index (χ0v) is 26.5. The second-order valence-electron chi connectivity index (χ2n) is 10.4. The molecule has 0 aromatic carbocycles. The van der Waals surface area contributed by atoms with Gasteiger partial charge in [-0.05, 0) is 73.5 Å². The third kappa shape index (κ3) is 12.7. The van der Waals surface area contributed by atoms with Crippen molar-refractivity contribution >= 4 is 53.6 Å². The summed E-state index contributed by atoms with van der Waals surface area (Å²) in [5.74, 6) is -1.63. The van der Waals surface area contributed by atoms with Crippen LogP contribution in [0.2, 0.25) is 0 Å². The average molecular weight is 655 g/mol. The van der Waals surface area contributed by atoms with Crippen LogP contribution >= 0.6 is 24.0 Å². The summed E-state index contributed by atoms with van der Waals surface area (Å²) >= 11 is 3.32. The molecule has 41 heavy (non-hydrogen) atoms. The summed E-state index contributed by atoms with van der Waals surface area (Å²) in [4.78, 5) is 55.7. The van der Waals surface area contributed by atoms with Gasteiger partial charge in [0.25, 0.3) is 5.91 Å². The first-order valence-corrected chi connectivity index (χ1v) is 17.0. The summed E-state index contributed by atoms with van der Waals surface area (Å²) in [6.45, 7) is 5.94. The molecule has 0 bridgehead atoms. The highest BCUT2D eigenvalue weighted by molar-refractivity contribution is 9.10. The Hall–Kier alpha value is -2.79. The predicted molar refractivity (Wildman–Crippen MR) is 166 cm³/mol. The van der Waals surface area contributed by atoms with Crippen LogP contribution in [0, 0.1) is 5.92 Å². The molecule has 1 aliphatic rings. The Morgan fingerprint density at radius 2 is 1.71 bits per heavy atom. The first-order chi connectivity index (χ1) is 19.5. The smallest absolute Gasteiger partial charge is 0.253 e. The number of primary amides is 1. The molecule has 2 rings (SSSR count). The van der Waals surface area contributed by atoms with Crippen LogP contribution in [0.25, 0.3) is 5.32 Å². The second kappa shape index (κ2) is 17.9. The van der Waals surface area contributed by atoms with Crippen LogP contribution in [0.15, 0.2) is 27.7 Å². The summed E-state index contributed by atoms with van der Waals surface area (Å²) in [5, 5.41) is 12.5. The minimum absolute atomic E-state index is 0.197. The molecule has 0 spiro atoms. The molecule has 12 nitrogen and oxygen atoms in total. The van der Waals surface area contributed by atoms with E-state index in [1.54, 1.807) is 19.2 Å². The van der Waals surface area contributed by atoms with Gasteiger partial charge in [-0.25, -0.2) is 0 Å². The summed E-state index contributed by atoms with van der Waals surface area (Å²) in [6, 6.07) is -1.08. The number of nitrogens with one attached hydrogen (secondary N) is 3. The number of carbonyl (C=O) groups excluding carboxylic acids is 4. The second-order valence-corrected chi connectivity index (χ2v) is 13.2. The standard InChI is InChI=1S/C27H44BrN8O4P/c1-4-20(23(29)37)33-25(39)21(11-8-12-32-27(30)36-41(2)3)34-26(40)22(13-17-9-6-5-7-10-17)35-24(38)18-14-19(28)16-31-15-18/h14-17,20-22H,4-13H2,1-3H3,(H8,29,30,32,33,34,35,36,37,38,39,40)/p-1/t20-,21-,22-/m0/s1. The maximum atomic E-state index is 13.6. The number of hydrogen-bond acceptors (Lipinski definition) is 6. The maximum Gasteiger partial charge on any atom is 0.253 e. The van der Waals surface area contributed by atoms with E-state index in [2.05, 4.69) is 46.9 Å². The predicted octanol–water partition coefficient (Wildman–Crippen LogP) is 2.90. The first-order valence-electron chi connectivity index (χ1n) is 14.0. The molecule has 0 radical (unpaired) electrons. The molecular weight excluding hydrogens is 611 g/mol. The van der Waals surface area contributed by atoms with Gasteiger partial charge in [-0.3, -0.25) is 24.2 Å². The Balaban J connectivity index is 2.19. The number of nitrogens with zero attached hydrogens (tertiary/aromatic N) is 3. The number of pyridine rings is 1. The van der Waals surface area contributed by atoms with Crippen LogP contribution in [0.1, 0.15) is 75.1 Å². The molecule has 1 aromatic rings. The SMILES string of the molecule is CC[C@H](NC(=O)[C@H](CCC[N-]/C(N)=N/P(C)C)NC(=O)[C@H](CC1CCCCC1)NC(=O)c1cncc(Br)c1)C(N)=O. The number of aromatic nitrogens is 1. The fraction of sp³-hybridized carbons (Fsp3) is 0.630. The molecule has 228 valence electrons. The quantitative estimate of drug-likeness (QED) is 0.0835. The molecule has 4 amide bonds. The number of amides is 4. The van der Waals surface area contributed by atoms with Gasteiger partial charge < -0.3 is 37.5 Å². The molecule has 3 atom stereocenters. The Morgan fingerprint density at radius 3 is 2.32 bits per heavy atom. The summed E-state index contributed by atoms with van der Waals surface area (Å²) in [6.07, 6.45) is 9.67. The van der Waals surface area contributed by atoms with E-state index in [4.69, 9.17) is 11.5 Å². The average Bonchev–Trinajstić information content (AvgIpc) is 2.92. The van der Waals surface area contributed by atoms with Gasteiger partial charge in [0.1, 0.15) is 18.1 Å². The van der Waals surface area contributed by atoms with Crippen molar-refractivity contribution in [3.8, 4) is 0 Å². The van der Waals surface area contributed by atoms with Crippen LogP contribution in [0.3, 0.4) is 0 Å². The molecular formula is C27H43BrN8O4P-. The van der Waals surface area contributed by atoms with Crippen molar-refractivity contribution in [2.45, 2.75) is 82.8 Å². The van der Waals surface area contributed by atoms with E-state index in [0.717, 1.165) is 32.1 Å². The number of hydrogen-bond donors (Lipinski definition) is 5. The van der Waals surface area contributed by atoms with E-state index >= 15 is 0 Å². The lowest BCUT2D eigenvalue weighted by atomic mass is 9.84. The van der Waals surface area contributed by atoms with Crippen LogP contribution < -0.4 is 27.4 Å². The number of carbonyl (C=O) groups is 4. The van der Waals surface area contributed by atoms with E-state index in [-0.39, 0.29) is 18.3 Å². The molecule has 1 fully saturated rings. The Kier molecular flexibility index (Phi) is 15.0. The third-order valence-electron chi connectivity index (χ3n) is 6.81. The third-order valence-corrected chi connectivity index (χ3v) is 7.85. The topological polar surface area (TPSA) is 196 Å². The fourth-order valence-electron chi connectivity index (χ4n) is 4.68. The van der Waals surface area contributed by atoms with Crippen LogP contribution in [0.4, 0.5) is 0 Å². The molecule has 0 unspecified atom stereocenters. The summed E-state index contributed by atoms with van der Waals surface area (Å²) in [5.41, 5.74) is 11.6. The minimum atomic E-state index is -0.975. The van der Waals surface area contributed by atoms with Crippen LogP contribution in [0.5, 0.6) is 0 Å². The van der Waals surface area contributed by atoms with Gasteiger partial charge in [0.15, 0.2) is 0 Å². The van der Waals surface area contributed by atoms with Crippen molar-refractivity contribution in [1.29, 1.82) is 0 Å². The largest absolute Gasteiger partial charge is 0.454 e. The number of halogens is 1. The fourth-order valence-corrected chi connectivity index (χ4v) is 5.52. The van der Waals surface area contributed by atoms with Crippen LogP contribution in [-0.2, 0) is 14.4 Å². The molecule has 1 heterocycles. The van der Waals surface area contributed by atoms with E-state index < -0.39 is 49.8 Å². The zero-order chi connectivity index (χ0) is 30.4. The molecule has 0 saturated heterocycles. The number of guanidine groups is 1. The van der Waals surface area contributed by atoms with E-state index in [9.17, 15) is 19.2 Å². The lowest BCUT2D eigenvalue weighted by molar-refractivity contribution is -0.132. The van der Waals surface area contributed by atoms with Gasteiger partial charge in [-0.15, -0.1) is 0 Å². The molecule has 1 aromatic heterocycles. The molecule has 14 heteroatoms. The molecule has 7 N–H and O–H groups in total. The Labute approximate surface area is 252 Å². The minimum Gasteiger partial charge on any atom is -0.454 e. The first kappa shape index (κ1) is 34.4. The van der Waals surface area contributed by atoms with Crippen molar-refractivity contribution in [1.82, 2.24) is 20.9 Å². The van der Waals surface area contributed by atoms with Gasteiger partial charge in [0.2, 0.25) is 17.7 Å². The lowest BCUT2D eigenvalue weighted by Crippen LogP contribution is -2.56. The summed E-state index contributed by atoms with van der Waals surface area (Å²) in [7, 11) is -0.592. The highest BCUT2D eigenvalue weighted by Gasteiger charge is 2.30. The van der Waals surface area contributed by atoms with E-state index in [1.807, 2.05) is 13.3 Å². The maximum absolute atomic E-state index is 13.6. The number of rotatable bonds is 15. The lowest BCUT2D eigenvalue weighted by Gasteiger charge is -2.28. The van der Waals surface area contributed by atoms with Gasteiger partial charge in [-0.2, -0.15) is 0 Å².